The first-order chi connectivity index (χ1) is 8.74. The zero-order valence-corrected chi connectivity index (χ0v) is 10.8. The second kappa shape index (κ2) is 5.85. The van der Waals surface area contributed by atoms with E-state index in [0.717, 1.165) is 17.7 Å². The number of ether oxygens (including phenoxy) is 1. The number of aromatic nitrogens is 1. The molecule has 94 valence electrons. The van der Waals surface area contributed by atoms with Crippen LogP contribution in [-0.4, -0.2) is 10.1 Å². The van der Waals surface area contributed by atoms with Crippen LogP contribution in [0.2, 0.25) is 5.02 Å². The van der Waals surface area contributed by atoms with Gasteiger partial charge in [0.05, 0.1) is 6.61 Å². The highest BCUT2D eigenvalue weighted by molar-refractivity contribution is 6.31. The van der Waals surface area contributed by atoms with Crippen LogP contribution in [0, 0.1) is 0 Å². The molecule has 2 aromatic rings. The number of hydrogen-bond donors (Lipinski definition) is 1. The van der Waals surface area contributed by atoms with Crippen LogP contribution < -0.4 is 4.74 Å². The number of aliphatic hydroxyl groups is 1. The highest BCUT2D eigenvalue weighted by atomic mass is 35.5. The molecular formula is C14H14ClNO2. The molecule has 0 unspecified atom stereocenters. The molecule has 1 heterocycles. The van der Waals surface area contributed by atoms with E-state index in [1.807, 2.05) is 24.3 Å². The summed E-state index contributed by atoms with van der Waals surface area (Å²) in [5, 5.41) is 9.38. The maximum Gasteiger partial charge on any atom is 0.238 e. The minimum Gasteiger partial charge on any atom is -0.437 e. The van der Waals surface area contributed by atoms with Crippen LogP contribution in [0.5, 0.6) is 11.6 Å². The van der Waals surface area contributed by atoms with Gasteiger partial charge in [0.25, 0.3) is 0 Å². The highest BCUT2D eigenvalue weighted by Crippen LogP contribution is 2.29. The highest BCUT2D eigenvalue weighted by Gasteiger charge is 2.08. The van der Waals surface area contributed by atoms with Crippen molar-refractivity contribution in [3.8, 4) is 11.6 Å². The second-order valence-electron chi connectivity index (χ2n) is 3.85. The van der Waals surface area contributed by atoms with Gasteiger partial charge in [-0.15, -0.1) is 0 Å². The molecule has 2 rings (SSSR count). The third kappa shape index (κ3) is 2.81. The van der Waals surface area contributed by atoms with E-state index in [9.17, 15) is 0 Å². The molecule has 18 heavy (non-hydrogen) atoms. The van der Waals surface area contributed by atoms with Gasteiger partial charge >= 0.3 is 0 Å². The number of aliphatic hydroxyl groups excluding tert-OH is 1. The van der Waals surface area contributed by atoms with Gasteiger partial charge in [0, 0.05) is 6.20 Å². The van der Waals surface area contributed by atoms with Crippen LogP contribution in [0.3, 0.4) is 0 Å². The SMILES string of the molecule is CCc1ccccc1Oc1ncc(CO)cc1Cl. The number of nitrogens with zero attached hydrogens (tertiary/aromatic N) is 1. The lowest BCUT2D eigenvalue weighted by molar-refractivity contribution is 0.281. The van der Waals surface area contributed by atoms with Gasteiger partial charge in [0.1, 0.15) is 10.8 Å². The Kier molecular flexibility index (Phi) is 4.18. The van der Waals surface area contributed by atoms with E-state index in [4.69, 9.17) is 21.4 Å². The summed E-state index contributed by atoms with van der Waals surface area (Å²) < 4.78 is 5.71. The molecule has 0 saturated heterocycles. The van der Waals surface area contributed by atoms with Crippen LogP contribution in [0.25, 0.3) is 0 Å². The van der Waals surface area contributed by atoms with Gasteiger partial charge in [-0.1, -0.05) is 36.7 Å². The van der Waals surface area contributed by atoms with Crippen molar-refractivity contribution >= 4 is 11.6 Å². The molecule has 0 aliphatic carbocycles. The molecule has 3 nitrogen and oxygen atoms in total. The van der Waals surface area contributed by atoms with Crippen LogP contribution in [-0.2, 0) is 13.0 Å². The lowest BCUT2D eigenvalue weighted by Gasteiger charge is -2.10. The Bertz CT molecular complexity index is 543. The van der Waals surface area contributed by atoms with Gasteiger partial charge in [-0.2, -0.15) is 0 Å². The van der Waals surface area contributed by atoms with Gasteiger partial charge < -0.3 is 9.84 Å². The van der Waals surface area contributed by atoms with E-state index in [2.05, 4.69) is 11.9 Å². The molecule has 0 amide bonds. The first kappa shape index (κ1) is 12.9. The van der Waals surface area contributed by atoms with Crippen molar-refractivity contribution in [1.29, 1.82) is 0 Å². The smallest absolute Gasteiger partial charge is 0.238 e. The van der Waals surface area contributed by atoms with Crippen LogP contribution in [0.4, 0.5) is 0 Å². The molecule has 0 aliphatic heterocycles. The summed E-state index contributed by atoms with van der Waals surface area (Å²) in [5.41, 5.74) is 1.76. The summed E-state index contributed by atoms with van der Waals surface area (Å²) in [4.78, 5) is 4.11. The fraction of sp³-hybridized carbons (Fsp3) is 0.214. The average Bonchev–Trinajstić information content (AvgIpc) is 2.41. The van der Waals surface area contributed by atoms with Gasteiger partial charge in [0.15, 0.2) is 0 Å². The summed E-state index contributed by atoms with van der Waals surface area (Å²) in [6.07, 6.45) is 2.43. The third-order valence-corrected chi connectivity index (χ3v) is 2.88. The molecule has 0 aliphatic rings. The Balaban J connectivity index is 2.28. The van der Waals surface area contributed by atoms with E-state index in [-0.39, 0.29) is 6.61 Å². The number of rotatable bonds is 4. The van der Waals surface area contributed by atoms with E-state index in [0.29, 0.717) is 16.5 Å². The summed E-state index contributed by atoms with van der Waals surface area (Å²) in [7, 11) is 0. The Hall–Kier alpha value is -1.58. The van der Waals surface area contributed by atoms with Gasteiger partial charge in [-0.3, -0.25) is 0 Å². The lowest BCUT2D eigenvalue weighted by Crippen LogP contribution is -1.94. The zero-order chi connectivity index (χ0) is 13.0. The Morgan fingerprint density at radius 1 is 1.33 bits per heavy atom. The van der Waals surface area contributed by atoms with Crippen molar-refractivity contribution in [2.45, 2.75) is 20.0 Å². The first-order valence-electron chi connectivity index (χ1n) is 5.75. The van der Waals surface area contributed by atoms with Gasteiger partial charge in [-0.05, 0) is 29.7 Å². The minimum absolute atomic E-state index is 0.0848. The summed E-state index contributed by atoms with van der Waals surface area (Å²) >= 11 is 6.05. The molecule has 1 aromatic heterocycles. The van der Waals surface area contributed by atoms with Gasteiger partial charge in [-0.25, -0.2) is 4.98 Å². The standard InChI is InChI=1S/C14H14ClNO2/c1-2-11-5-3-4-6-13(11)18-14-12(15)7-10(9-17)8-16-14/h3-8,17H,2,9H2,1H3. The number of benzene rings is 1. The van der Waals surface area contributed by atoms with E-state index in [1.165, 1.54) is 0 Å². The summed E-state index contributed by atoms with van der Waals surface area (Å²) in [6, 6.07) is 9.42. The van der Waals surface area contributed by atoms with E-state index in [1.54, 1.807) is 12.3 Å². The van der Waals surface area contributed by atoms with Crippen LogP contribution in [0.15, 0.2) is 36.5 Å². The normalized spacial score (nSPS) is 10.4. The van der Waals surface area contributed by atoms with Crippen molar-refractivity contribution in [2.75, 3.05) is 0 Å². The predicted octanol–water partition coefficient (Wildman–Crippen LogP) is 3.58. The molecule has 4 heteroatoms. The number of aryl methyl sites for hydroxylation is 1. The van der Waals surface area contributed by atoms with Crippen molar-refractivity contribution < 1.29 is 9.84 Å². The number of para-hydroxylation sites is 1. The topological polar surface area (TPSA) is 42.4 Å². The molecule has 0 spiro atoms. The molecule has 1 N–H and O–H groups in total. The van der Waals surface area contributed by atoms with Crippen LogP contribution >= 0.6 is 11.6 Å². The lowest BCUT2D eigenvalue weighted by atomic mass is 10.1. The fourth-order valence-corrected chi connectivity index (χ4v) is 1.85. The molecule has 0 bridgehead atoms. The third-order valence-electron chi connectivity index (χ3n) is 2.61. The van der Waals surface area contributed by atoms with E-state index < -0.39 is 0 Å². The van der Waals surface area contributed by atoms with Crippen molar-refractivity contribution in [2.24, 2.45) is 0 Å². The fourth-order valence-electron chi connectivity index (χ4n) is 1.63. The molecule has 0 fully saturated rings. The molecule has 1 aromatic carbocycles. The zero-order valence-electron chi connectivity index (χ0n) is 10.1. The second-order valence-corrected chi connectivity index (χ2v) is 4.26. The summed E-state index contributed by atoms with van der Waals surface area (Å²) in [6.45, 7) is 1.98. The predicted molar refractivity (Wildman–Crippen MR) is 71.1 cm³/mol. The minimum atomic E-state index is -0.0848. The average molecular weight is 264 g/mol. The number of pyridine rings is 1. The van der Waals surface area contributed by atoms with Gasteiger partial charge in [0.2, 0.25) is 5.88 Å². The Labute approximate surface area is 111 Å². The van der Waals surface area contributed by atoms with Crippen LogP contribution in [0.1, 0.15) is 18.1 Å². The number of halogens is 1. The van der Waals surface area contributed by atoms with E-state index >= 15 is 0 Å². The van der Waals surface area contributed by atoms with Crippen molar-refractivity contribution in [1.82, 2.24) is 4.98 Å². The van der Waals surface area contributed by atoms with Crippen molar-refractivity contribution in [3.63, 3.8) is 0 Å². The monoisotopic (exact) mass is 263 g/mol. The summed E-state index contributed by atoms with van der Waals surface area (Å²) in [5.74, 6) is 1.11. The molecular weight excluding hydrogens is 250 g/mol. The Morgan fingerprint density at radius 3 is 2.78 bits per heavy atom. The van der Waals surface area contributed by atoms with Crippen molar-refractivity contribution in [3.05, 3.63) is 52.7 Å². The quantitative estimate of drug-likeness (QED) is 0.917. The number of hydrogen-bond acceptors (Lipinski definition) is 3. The Morgan fingerprint density at radius 2 is 2.11 bits per heavy atom. The molecule has 0 atom stereocenters. The largest absolute Gasteiger partial charge is 0.437 e. The first-order valence-corrected chi connectivity index (χ1v) is 6.13. The molecule has 0 radical (unpaired) electrons. The maximum absolute atomic E-state index is 8.99. The molecule has 0 saturated carbocycles. The maximum atomic E-state index is 8.99.